The Balaban J connectivity index is 1.87. The fourth-order valence-corrected chi connectivity index (χ4v) is 2.26. The lowest BCUT2D eigenvalue weighted by atomic mass is 10.0. The van der Waals surface area contributed by atoms with Crippen molar-refractivity contribution in [1.29, 1.82) is 0 Å². The number of amides is 1. The molecule has 5 heteroatoms. The lowest BCUT2D eigenvalue weighted by Gasteiger charge is -2.22. The number of aliphatic hydroxyl groups is 1. The van der Waals surface area contributed by atoms with Gasteiger partial charge in [-0.2, -0.15) is 0 Å². The molecule has 2 rings (SSSR count). The summed E-state index contributed by atoms with van der Waals surface area (Å²) in [7, 11) is 0. The second-order valence-electron chi connectivity index (χ2n) is 4.41. The summed E-state index contributed by atoms with van der Waals surface area (Å²) in [5, 5.41) is 14.7. The summed E-state index contributed by atoms with van der Waals surface area (Å²) >= 11 is 1.37. The van der Waals surface area contributed by atoms with Gasteiger partial charge in [-0.1, -0.05) is 6.07 Å². The van der Waals surface area contributed by atoms with Crippen LogP contribution < -0.4 is 5.32 Å². The van der Waals surface area contributed by atoms with Gasteiger partial charge in [-0.15, -0.1) is 11.3 Å². The van der Waals surface area contributed by atoms with Gasteiger partial charge in [0.1, 0.15) is 5.76 Å². The molecular weight excluding hydrogens is 250 g/mol. The van der Waals surface area contributed by atoms with Crippen LogP contribution in [-0.2, 0) is 6.42 Å². The maximum atomic E-state index is 11.7. The third-order valence-electron chi connectivity index (χ3n) is 2.51. The summed E-state index contributed by atoms with van der Waals surface area (Å²) < 4.78 is 5.18. The third kappa shape index (κ3) is 3.45. The average Bonchev–Trinajstić information content (AvgIpc) is 2.97. The second kappa shape index (κ2) is 5.37. The number of nitrogens with one attached hydrogen (secondary N) is 1. The van der Waals surface area contributed by atoms with Crippen LogP contribution in [0.1, 0.15) is 22.4 Å². The molecule has 2 heterocycles. The number of carbonyl (C=O) groups excluding carboxylic acids is 1. The number of carbonyl (C=O) groups is 1. The zero-order valence-corrected chi connectivity index (χ0v) is 10.9. The van der Waals surface area contributed by atoms with Gasteiger partial charge in [-0.3, -0.25) is 4.79 Å². The molecule has 0 unspecified atom stereocenters. The summed E-state index contributed by atoms with van der Waals surface area (Å²) in [5.41, 5.74) is -1.02. The van der Waals surface area contributed by atoms with Crippen molar-refractivity contribution in [1.82, 2.24) is 5.32 Å². The minimum Gasteiger partial charge on any atom is -0.469 e. The molecule has 0 bridgehead atoms. The van der Waals surface area contributed by atoms with Gasteiger partial charge in [-0.25, -0.2) is 0 Å². The van der Waals surface area contributed by atoms with Gasteiger partial charge in [0.25, 0.3) is 5.91 Å². The van der Waals surface area contributed by atoms with E-state index in [0.29, 0.717) is 17.1 Å². The van der Waals surface area contributed by atoms with E-state index >= 15 is 0 Å². The van der Waals surface area contributed by atoms with Crippen LogP contribution in [0.5, 0.6) is 0 Å². The molecule has 2 aromatic heterocycles. The van der Waals surface area contributed by atoms with Crippen molar-refractivity contribution in [2.75, 3.05) is 6.54 Å². The Morgan fingerprint density at radius 1 is 1.50 bits per heavy atom. The van der Waals surface area contributed by atoms with Crippen LogP contribution in [-0.4, -0.2) is 23.2 Å². The first-order valence-corrected chi connectivity index (χ1v) is 6.51. The number of furan rings is 1. The first kappa shape index (κ1) is 12.9. The van der Waals surface area contributed by atoms with Crippen molar-refractivity contribution in [3.8, 4) is 0 Å². The lowest BCUT2D eigenvalue weighted by Crippen LogP contribution is -2.42. The van der Waals surface area contributed by atoms with Gasteiger partial charge >= 0.3 is 0 Å². The fourth-order valence-electron chi connectivity index (χ4n) is 1.62. The summed E-state index contributed by atoms with van der Waals surface area (Å²) in [6, 6.07) is 7.15. The first-order valence-electron chi connectivity index (χ1n) is 5.63. The third-order valence-corrected chi connectivity index (χ3v) is 3.38. The molecule has 2 aromatic rings. The number of rotatable bonds is 5. The lowest BCUT2D eigenvalue weighted by molar-refractivity contribution is 0.0511. The van der Waals surface area contributed by atoms with E-state index in [0.717, 1.165) is 0 Å². The fraction of sp³-hybridized carbons (Fsp3) is 0.308. The summed E-state index contributed by atoms with van der Waals surface area (Å²) in [5.74, 6) is 0.537. The van der Waals surface area contributed by atoms with Gasteiger partial charge in [0.2, 0.25) is 0 Å². The molecule has 0 saturated heterocycles. The van der Waals surface area contributed by atoms with E-state index in [1.165, 1.54) is 11.3 Å². The van der Waals surface area contributed by atoms with Crippen molar-refractivity contribution < 1.29 is 14.3 Å². The zero-order valence-electron chi connectivity index (χ0n) is 10.1. The zero-order chi connectivity index (χ0) is 13.0. The van der Waals surface area contributed by atoms with Crippen molar-refractivity contribution in [3.63, 3.8) is 0 Å². The van der Waals surface area contributed by atoms with Crippen molar-refractivity contribution in [2.24, 2.45) is 0 Å². The highest BCUT2D eigenvalue weighted by Gasteiger charge is 2.23. The van der Waals surface area contributed by atoms with Gasteiger partial charge in [-0.05, 0) is 30.5 Å². The molecule has 18 heavy (non-hydrogen) atoms. The Kier molecular flexibility index (Phi) is 3.84. The van der Waals surface area contributed by atoms with Gasteiger partial charge < -0.3 is 14.8 Å². The highest BCUT2D eigenvalue weighted by Crippen LogP contribution is 2.13. The standard InChI is InChI=1S/C13H15NO3S/c1-13(16,8-10-4-2-6-17-10)9-14-12(15)11-5-3-7-18-11/h2-7,16H,8-9H2,1H3,(H,14,15)/t13-/m0/s1. The van der Waals surface area contributed by atoms with Crippen LogP contribution in [0.25, 0.3) is 0 Å². The minimum atomic E-state index is -1.02. The van der Waals surface area contributed by atoms with E-state index in [9.17, 15) is 9.90 Å². The molecule has 0 aliphatic rings. The van der Waals surface area contributed by atoms with E-state index < -0.39 is 5.60 Å². The van der Waals surface area contributed by atoms with Crippen molar-refractivity contribution >= 4 is 17.2 Å². The smallest absolute Gasteiger partial charge is 0.261 e. The first-order chi connectivity index (χ1) is 8.57. The van der Waals surface area contributed by atoms with Crippen LogP contribution in [0.3, 0.4) is 0 Å². The van der Waals surface area contributed by atoms with Crippen LogP contribution in [0, 0.1) is 0 Å². The molecular formula is C13H15NO3S. The maximum Gasteiger partial charge on any atom is 0.261 e. The Bertz CT molecular complexity index is 488. The van der Waals surface area contributed by atoms with E-state index in [1.54, 1.807) is 31.4 Å². The molecule has 0 spiro atoms. The largest absolute Gasteiger partial charge is 0.469 e. The number of hydrogen-bond donors (Lipinski definition) is 2. The molecule has 0 fully saturated rings. The molecule has 0 aliphatic heterocycles. The highest BCUT2D eigenvalue weighted by atomic mass is 32.1. The van der Waals surface area contributed by atoms with Crippen molar-refractivity contribution in [2.45, 2.75) is 18.9 Å². The quantitative estimate of drug-likeness (QED) is 0.870. The van der Waals surface area contributed by atoms with Gasteiger partial charge in [0, 0.05) is 13.0 Å². The number of thiophene rings is 1. The summed E-state index contributed by atoms with van der Waals surface area (Å²) in [4.78, 5) is 12.4. The van der Waals surface area contributed by atoms with Gasteiger partial charge in [0.15, 0.2) is 0 Å². The average molecular weight is 265 g/mol. The van der Waals surface area contributed by atoms with Gasteiger partial charge in [0.05, 0.1) is 16.7 Å². The Labute approximate surface area is 109 Å². The predicted molar refractivity (Wildman–Crippen MR) is 69.7 cm³/mol. The Hall–Kier alpha value is -1.59. The topological polar surface area (TPSA) is 62.5 Å². The Morgan fingerprint density at radius 2 is 2.33 bits per heavy atom. The molecule has 0 aliphatic carbocycles. The van der Waals surface area contributed by atoms with Crippen molar-refractivity contribution in [3.05, 3.63) is 46.5 Å². The predicted octanol–water partition coefficient (Wildman–Crippen LogP) is 2.06. The van der Waals surface area contributed by atoms with E-state index in [4.69, 9.17) is 4.42 Å². The SMILES string of the molecule is C[C@@](O)(CNC(=O)c1cccs1)Cc1ccco1. The summed E-state index contributed by atoms with van der Waals surface area (Å²) in [6.07, 6.45) is 1.93. The molecule has 96 valence electrons. The molecule has 0 aromatic carbocycles. The molecule has 1 amide bonds. The van der Waals surface area contributed by atoms with E-state index in [-0.39, 0.29) is 12.5 Å². The van der Waals surface area contributed by atoms with E-state index in [2.05, 4.69) is 5.32 Å². The molecule has 1 atom stereocenters. The molecule has 4 nitrogen and oxygen atoms in total. The van der Waals surface area contributed by atoms with Crippen LogP contribution >= 0.6 is 11.3 Å². The van der Waals surface area contributed by atoms with Crippen LogP contribution in [0.2, 0.25) is 0 Å². The van der Waals surface area contributed by atoms with Crippen LogP contribution in [0.4, 0.5) is 0 Å². The molecule has 0 radical (unpaired) electrons. The summed E-state index contributed by atoms with van der Waals surface area (Å²) in [6.45, 7) is 1.86. The monoisotopic (exact) mass is 265 g/mol. The normalized spacial score (nSPS) is 14.1. The van der Waals surface area contributed by atoms with E-state index in [1.807, 2.05) is 11.4 Å². The Morgan fingerprint density at radius 3 is 2.94 bits per heavy atom. The maximum absolute atomic E-state index is 11.7. The molecule has 2 N–H and O–H groups in total. The molecule has 0 saturated carbocycles. The second-order valence-corrected chi connectivity index (χ2v) is 5.36. The highest BCUT2D eigenvalue weighted by molar-refractivity contribution is 7.12. The minimum absolute atomic E-state index is 0.162. The van der Waals surface area contributed by atoms with Crippen LogP contribution in [0.15, 0.2) is 40.3 Å². The number of hydrogen-bond acceptors (Lipinski definition) is 4.